The Bertz CT molecular complexity index is 1150. The second-order valence-electron chi connectivity index (χ2n) is 10.1. The molecule has 2 fully saturated rings. The highest BCUT2D eigenvalue weighted by molar-refractivity contribution is 6.02. The number of nitrogens with zero attached hydrogens (tertiary/aromatic N) is 4. The van der Waals surface area contributed by atoms with Crippen LogP contribution in [-0.2, 0) is 9.59 Å². The lowest BCUT2D eigenvalue weighted by Gasteiger charge is -2.25. The van der Waals surface area contributed by atoms with Gasteiger partial charge in [-0.1, -0.05) is 6.92 Å². The van der Waals surface area contributed by atoms with E-state index in [0.717, 1.165) is 18.8 Å². The normalized spacial score (nSPS) is 19.3. The number of carbonyl (C=O) groups is 4. The smallest absolute Gasteiger partial charge is 0.256 e. The van der Waals surface area contributed by atoms with Crippen LogP contribution in [0.2, 0.25) is 0 Å². The largest absolute Gasteiger partial charge is 0.372 e. The number of benzene rings is 1. The molecule has 9 nitrogen and oxygen atoms in total. The Labute approximate surface area is 224 Å². The highest BCUT2D eigenvalue weighted by Crippen LogP contribution is 2.31. The summed E-state index contributed by atoms with van der Waals surface area (Å²) >= 11 is 0. The Balaban J connectivity index is 1.25. The molecule has 1 aromatic heterocycles. The first-order valence-electron chi connectivity index (χ1n) is 13.5. The topological polar surface area (TPSA) is 103 Å². The Morgan fingerprint density at radius 2 is 1.82 bits per heavy atom. The van der Waals surface area contributed by atoms with Crippen molar-refractivity contribution in [2.24, 2.45) is 5.92 Å². The maximum absolute atomic E-state index is 13.1. The van der Waals surface area contributed by atoms with Crippen molar-refractivity contribution in [3.8, 4) is 0 Å². The Morgan fingerprint density at radius 3 is 2.47 bits per heavy atom. The van der Waals surface area contributed by atoms with Crippen LogP contribution < -0.4 is 10.2 Å². The summed E-state index contributed by atoms with van der Waals surface area (Å²) in [5.41, 5.74) is 2.15. The van der Waals surface area contributed by atoms with Crippen LogP contribution in [0.4, 0.5) is 5.69 Å². The molecule has 38 heavy (non-hydrogen) atoms. The molecular formula is C29H37N5O4. The third-order valence-corrected chi connectivity index (χ3v) is 7.62. The zero-order valence-electron chi connectivity index (χ0n) is 22.4. The minimum Gasteiger partial charge on any atom is -0.372 e. The summed E-state index contributed by atoms with van der Waals surface area (Å²) in [6.07, 6.45) is 4.63. The van der Waals surface area contributed by atoms with Crippen LogP contribution in [0.25, 0.3) is 0 Å². The quantitative estimate of drug-likeness (QED) is 0.518. The van der Waals surface area contributed by atoms with E-state index in [9.17, 15) is 19.2 Å². The van der Waals surface area contributed by atoms with Crippen molar-refractivity contribution in [1.82, 2.24) is 20.1 Å². The van der Waals surface area contributed by atoms with Crippen LogP contribution in [0.1, 0.15) is 60.7 Å². The lowest BCUT2D eigenvalue weighted by atomic mass is 10.0. The predicted molar refractivity (Wildman–Crippen MR) is 145 cm³/mol. The van der Waals surface area contributed by atoms with Gasteiger partial charge in [-0.05, 0) is 69.0 Å². The van der Waals surface area contributed by atoms with E-state index >= 15 is 0 Å². The number of amides is 3. The first-order chi connectivity index (χ1) is 18.3. The van der Waals surface area contributed by atoms with Crippen LogP contribution in [0.3, 0.4) is 0 Å². The Kier molecular flexibility index (Phi) is 8.76. The summed E-state index contributed by atoms with van der Waals surface area (Å²) in [6.45, 7) is 8.94. The van der Waals surface area contributed by atoms with Crippen molar-refractivity contribution in [1.29, 1.82) is 0 Å². The molecular weight excluding hydrogens is 482 g/mol. The number of carbonyl (C=O) groups excluding carboxylic acids is 4. The van der Waals surface area contributed by atoms with Gasteiger partial charge in [0.15, 0.2) is 5.78 Å². The van der Waals surface area contributed by atoms with E-state index in [-0.39, 0.29) is 42.0 Å². The number of hydrogen-bond donors (Lipinski definition) is 1. The first-order valence-corrected chi connectivity index (χ1v) is 13.5. The number of Topliss-reactive ketones (excluding diaryl/α,β-unsaturated/α-hetero) is 1. The minimum absolute atomic E-state index is 0.0182. The molecule has 3 amide bonds. The molecule has 0 spiro atoms. The van der Waals surface area contributed by atoms with Gasteiger partial charge >= 0.3 is 0 Å². The molecule has 4 rings (SSSR count). The molecule has 2 saturated heterocycles. The van der Waals surface area contributed by atoms with Gasteiger partial charge < -0.3 is 20.0 Å². The molecule has 0 aliphatic carbocycles. The molecule has 0 saturated carbocycles. The lowest BCUT2D eigenvalue weighted by Crippen LogP contribution is -2.44. The van der Waals surface area contributed by atoms with E-state index in [4.69, 9.17) is 0 Å². The summed E-state index contributed by atoms with van der Waals surface area (Å²) in [4.78, 5) is 60.9. The van der Waals surface area contributed by atoms with Gasteiger partial charge in [0, 0.05) is 56.2 Å². The van der Waals surface area contributed by atoms with Gasteiger partial charge in [0.25, 0.3) is 11.8 Å². The fraction of sp³-hybridized carbons (Fsp3) is 0.483. The van der Waals surface area contributed by atoms with E-state index in [1.54, 1.807) is 28.1 Å². The van der Waals surface area contributed by atoms with Crippen molar-refractivity contribution in [3.05, 3.63) is 59.9 Å². The zero-order chi connectivity index (χ0) is 27.2. The number of aromatic nitrogens is 1. The number of hydrogen-bond acceptors (Lipinski definition) is 6. The molecule has 2 aliphatic heterocycles. The number of rotatable bonds is 10. The number of pyridine rings is 1. The molecule has 2 aliphatic rings. The molecule has 3 atom stereocenters. The molecule has 9 heteroatoms. The molecule has 0 bridgehead atoms. The maximum Gasteiger partial charge on any atom is 0.256 e. The van der Waals surface area contributed by atoms with Gasteiger partial charge in [0.05, 0.1) is 18.2 Å². The van der Waals surface area contributed by atoms with Gasteiger partial charge in [-0.15, -0.1) is 0 Å². The van der Waals surface area contributed by atoms with Crippen LogP contribution in [-0.4, -0.2) is 83.1 Å². The second kappa shape index (κ2) is 12.2. The van der Waals surface area contributed by atoms with Crippen molar-refractivity contribution >= 4 is 29.2 Å². The van der Waals surface area contributed by atoms with Crippen LogP contribution >= 0.6 is 0 Å². The summed E-state index contributed by atoms with van der Waals surface area (Å²) in [6, 6.07) is 10.1. The average molecular weight is 520 g/mol. The van der Waals surface area contributed by atoms with E-state index < -0.39 is 6.04 Å². The SMILES string of the molecule is CCN(CC)c1ccc(C(=O)NCCC(C)CC(=O)N2CCC3C2C(=O)CN3C(=O)c2cccnc2)cc1. The van der Waals surface area contributed by atoms with Crippen LogP contribution in [0.5, 0.6) is 0 Å². The maximum atomic E-state index is 13.1. The van der Waals surface area contributed by atoms with E-state index in [1.165, 1.54) is 6.20 Å². The number of likely N-dealkylation sites (tertiary alicyclic amines) is 2. The average Bonchev–Trinajstić information content (AvgIpc) is 3.51. The van der Waals surface area contributed by atoms with Crippen molar-refractivity contribution in [2.75, 3.05) is 37.6 Å². The van der Waals surface area contributed by atoms with E-state index in [2.05, 4.69) is 29.0 Å². The van der Waals surface area contributed by atoms with Crippen LogP contribution in [0, 0.1) is 5.92 Å². The molecule has 0 radical (unpaired) electrons. The molecule has 202 valence electrons. The number of anilines is 1. The summed E-state index contributed by atoms with van der Waals surface area (Å²) < 4.78 is 0. The standard InChI is InChI=1S/C29H37N5O4/c1-4-32(5-2)23-10-8-21(9-11-23)28(37)31-15-12-20(3)17-26(36)33-16-13-24-27(33)25(35)19-34(24)29(38)22-7-6-14-30-18-22/h6-11,14,18,20,24,27H,4-5,12-13,15-17,19H2,1-3H3,(H,31,37). The minimum atomic E-state index is -0.575. The fourth-order valence-electron chi connectivity index (χ4n) is 5.49. The van der Waals surface area contributed by atoms with Gasteiger partial charge in [0.2, 0.25) is 5.91 Å². The third kappa shape index (κ3) is 5.87. The summed E-state index contributed by atoms with van der Waals surface area (Å²) in [7, 11) is 0. The van der Waals surface area contributed by atoms with E-state index in [1.807, 2.05) is 31.2 Å². The molecule has 3 unspecified atom stereocenters. The number of fused-ring (bicyclic) bond motifs is 1. The van der Waals surface area contributed by atoms with Crippen molar-refractivity contribution < 1.29 is 19.2 Å². The fourth-order valence-corrected chi connectivity index (χ4v) is 5.49. The van der Waals surface area contributed by atoms with Crippen LogP contribution in [0.15, 0.2) is 48.8 Å². The zero-order valence-corrected chi connectivity index (χ0v) is 22.4. The predicted octanol–water partition coefficient (Wildman–Crippen LogP) is 2.77. The molecule has 2 aromatic rings. The Hall–Kier alpha value is -3.75. The number of ketones is 1. The molecule has 3 heterocycles. The van der Waals surface area contributed by atoms with Gasteiger partial charge in [-0.25, -0.2) is 0 Å². The van der Waals surface area contributed by atoms with Gasteiger partial charge in [-0.3, -0.25) is 24.2 Å². The Morgan fingerprint density at radius 1 is 1.08 bits per heavy atom. The monoisotopic (exact) mass is 519 g/mol. The summed E-state index contributed by atoms with van der Waals surface area (Å²) in [5, 5.41) is 2.95. The number of nitrogens with one attached hydrogen (secondary N) is 1. The first kappa shape index (κ1) is 27.3. The van der Waals surface area contributed by atoms with Crippen molar-refractivity contribution in [3.63, 3.8) is 0 Å². The highest BCUT2D eigenvalue weighted by atomic mass is 16.2. The molecule has 1 N–H and O–H groups in total. The third-order valence-electron chi connectivity index (χ3n) is 7.62. The highest BCUT2D eigenvalue weighted by Gasteiger charge is 2.51. The van der Waals surface area contributed by atoms with Gasteiger partial charge in [-0.2, -0.15) is 0 Å². The lowest BCUT2D eigenvalue weighted by molar-refractivity contribution is -0.137. The van der Waals surface area contributed by atoms with E-state index in [0.29, 0.717) is 43.5 Å². The molecule has 1 aromatic carbocycles. The second-order valence-corrected chi connectivity index (χ2v) is 10.1. The van der Waals surface area contributed by atoms with Crippen molar-refractivity contribution in [2.45, 2.75) is 52.1 Å². The van der Waals surface area contributed by atoms with Gasteiger partial charge in [0.1, 0.15) is 6.04 Å². The summed E-state index contributed by atoms with van der Waals surface area (Å²) in [5.74, 6) is -0.485.